The number of nitrogens with zero attached hydrogens (tertiary/aromatic N) is 1. The molecule has 6 rings (SSSR count). The van der Waals surface area contributed by atoms with Gasteiger partial charge in [-0.05, 0) is 19.4 Å². The normalized spacial score (nSPS) is 61.0. The van der Waals surface area contributed by atoms with Crippen LogP contribution < -0.4 is 0 Å². The van der Waals surface area contributed by atoms with E-state index in [9.17, 15) is 20.1 Å². The second-order valence-electron chi connectivity index (χ2n) is 11.6. The van der Waals surface area contributed by atoms with Crippen LogP contribution in [0, 0.1) is 40.4 Å². The first-order valence-corrected chi connectivity index (χ1v) is 12.1. The standard InChI is InChI=1S/C24H37NO8/c1-25-8-22(9-30-2)11(26)6-12(31-3)24-10-7-23(29)20(28)13(10)14(16(27)21(23)33-5)15(19(24)25)17(32-4)18(22)24/h10-15,17-21,26,28-29H,6-9H2,1-5H3/t10-,11-,12?,13+,14+,15+,17+,18-,19-,20-,21-,22+,23+,24+/m1/s1. The number of Topliss-reactive ketones (excluding diaryl/α,β-unsaturated/α-hetero) is 1. The van der Waals surface area contributed by atoms with E-state index in [1.165, 1.54) is 7.11 Å². The molecular weight excluding hydrogens is 430 g/mol. The number of ketones is 1. The maximum Gasteiger partial charge on any atom is 0.168 e. The Balaban J connectivity index is 1.65. The van der Waals surface area contributed by atoms with E-state index >= 15 is 0 Å². The fourth-order valence-corrected chi connectivity index (χ4v) is 10.7. The molecule has 0 aromatic carbocycles. The van der Waals surface area contributed by atoms with E-state index in [2.05, 4.69) is 11.9 Å². The number of aliphatic hydroxyl groups excluding tert-OH is 2. The average molecular weight is 468 g/mol. The van der Waals surface area contributed by atoms with Gasteiger partial charge >= 0.3 is 0 Å². The molecule has 1 spiro atoms. The Labute approximate surface area is 194 Å². The maximum atomic E-state index is 13.9. The largest absolute Gasteiger partial charge is 0.392 e. The van der Waals surface area contributed by atoms with Crippen LogP contribution in [0.2, 0.25) is 0 Å². The van der Waals surface area contributed by atoms with Crippen LogP contribution in [0.3, 0.4) is 0 Å². The second-order valence-corrected chi connectivity index (χ2v) is 11.6. The minimum Gasteiger partial charge on any atom is -0.392 e. The molecule has 7 bridgehead atoms. The van der Waals surface area contributed by atoms with Crippen molar-refractivity contribution < 1.29 is 39.1 Å². The van der Waals surface area contributed by atoms with Crippen LogP contribution in [-0.4, -0.2) is 117 Å². The summed E-state index contributed by atoms with van der Waals surface area (Å²) in [6.07, 6.45) is -2.66. The minimum atomic E-state index is -1.62. The molecule has 1 saturated heterocycles. The van der Waals surface area contributed by atoms with Crippen molar-refractivity contribution in [2.75, 3.05) is 48.6 Å². The van der Waals surface area contributed by atoms with Crippen LogP contribution in [0.15, 0.2) is 0 Å². The number of carbonyl (C=O) groups excluding carboxylic acids is 1. The van der Waals surface area contributed by atoms with Crippen LogP contribution in [0.4, 0.5) is 0 Å². The first-order chi connectivity index (χ1) is 15.7. The summed E-state index contributed by atoms with van der Waals surface area (Å²) < 4.78 is 23.7. The van der Waals surface area contributed by atoms with Gasteiger partial charge < -0.3 is 39.2 Å². The van der Waals surface area contributed by atoms with Gasteiger partial charge in [-0.2, -0.15) is 0 Å². The molecule has 0 radical (unpaired) electrons. The van der Waals surface area contributed by atoms with Crippen LogP contribution in [-0.2, 0) is 23.7 Å². The molecule has 186 valence electrons. The topological polar surface area (TPSA) is 118 Å². The van der Waals surface area contributed by atoms with Gasteiger partial charge in [0, 0.05) is 81.9 Å². The van der Waals surface area contributed by atoms with Crippen molar-refractivity contribution in [1.29, 1.82) is 0 Å². The smallest absolute Gasteiger partial charge is 0.168 e. The fraction of sp³-hybridized carbons (Fsp3) is 0.958. The van der Waals surface area contributed by atoms with Crippen molar-refractivity contribution >= 4 is 5.78 Å². The minimum absolute atomic E-state index is 0.0322. The van der Waals surface area contributed by atoms with Crippen LogP contribution in [0.1, 0.15) is 12.8 Å². The number of aliphatic hydroxyl groups is 3. The van der Waals surface area contributed by atoms with Gasteiger partial charge in [0.05, 0.1) is 31.0 Å². The summed E-state index contributed by atoms with van der Waals surface area (Å²) in [4.78, 5) is 16.1. The molecule has 9 heteroatoms. The van der Waals surface area contributed by atoms with Gasteiger partial charge in [0.2, 0.25) is 0 Å². The number of hydrogen-bond donors (Lipinski definition) is 3. The Morgan fingerprint density at radius 1 is 1.09 bits per heavy atom. The SMILES string of the molecule is COC[C@]12CN(C)[C@@H]3[C@@H]4[C@H](OC)[C@H]1[C@@]3(C(OC)C[C@H]2O)[C@@H]1C[C@@]2(O)[C@H](OC)C(=O)[C@H]4[C@H]1[C@H]2O. The second kappa shape index (κ2) is 6.97. The molecule has 0 aromatic rings. The number of ether oxygens (including phenoxy) is 4. The van der Waals surface area contributed by atoms with Crippen molar-refractivity contribution in [3.8, 4) is 0 Å². The number of methoxy groups -OCH3 is 4. The number of fused-ring (bicyclic) bond motifs is 2. The zero-order valence-corrected chi connectivity index (χ0v) is 20.0. The van der Waals surface area contributed by atoms with Gasteiger partial charge in [-0.1, -0.05) is 0 Å². The summed E-state index contributed by atoms with van der Waals surface area (Å²) >= 11 is 0. The average Bonchev–Trinajstić information content (AvgIpc) is 3.11. The molecule has 33 heavy (non-hydrogen) atoms. The van der Waals surface area contributed by atoms with Gasteiger partial charge in [-0.3, -0.25) is 4.79 Å². The molecule has 5 aliphatic carbocycles. The third kappa shape index (κ3) is 2.18. The van der Waals surface area contributed by atoms with E-state index < -0.39 is 46.6 Å². The number of piperidine rings is 1. The van der Waals surface area contributed by atoms with Gasteiger partial charge in [0.25, 0.3) is 0 Å². The predicted octanol–water partition coefficient (Wildman–Crippen LogP) is -1.08. The summed E-state index contributed by atoms with van der Waals surface area (Å²) in [6.45, 7) is 0.995. The van der Waals surface area contributed by atoms with E-state index in [1.807, 2.05) is 0 Å². The van der Waals surface area contributed by atoms with Crippen LogP contribution in [0.25, 0.3) is 0 Å². The Kier molecular flexibility index (Phi) is 4.82. The van der Waals surface area contributed by atoms with E-state index in [4.69, 9.17) is 18.9 Å². The Bertz CT molecular complexity index is 856. The lowest BCUT2D eigenvalue weighted by Crippen LogP contribution is -2.76. The highest BCUT2D eigenvalue weighted by atomic mass is 16.5. The van der Waals surface area contributed by atoms with E-state index in [0.717, 1.165) is 0 Å². The molecule has 14 atom stereocenters. The summed E-state index contributed by atoms with van der Waals surface area (Å²) in [5.41, 5.74) is -2.72. The lowest BCUT2D eigenvalue weighted by atomic mass is 9.43. The van der Waals surface area contributed by atoms with E-state index in [0.29, 0.717) is 19.6 Å². The highest BCUT2D eigenvalue weighted by Crippen LogP contribution is 2.78. The van der Waals surface area contributed by atoms with Crippen molar-refractivity contribution in [3.63, 3.8) is 0 Å². The van der Waals surface area contributed by atoms with Gasteiger partial charge in [0.1, 0.15) is 11.7 Å². The zero-order chi connectivity index (χ0) is 23.7. The molecule has 0 amide bonds. The van der Waals surface area contributed by atoms with E-state index in [-0.39, 0.29) is 48.2 Å². The molecule has 6 fully saturated rings. The highest BCUT2D eigenvalue weighted by Gasteiger charge is 2.87. The summed E-state index contributed by atoms with van der Waals surface area (Å²) in [6, 6.07) is -0.0322. The van der Waals surface area contributed by atoms with Gasteiger partial charge in [0.15, 0.2) is 5.78 Å². The lowest BCUT2D eigenvalue weighted by Gasteiger charge is -2.68. The number of rotatable bonds is 5. The Hall–Kier alpha value is -0.650. The lowest BCUT2D eigenvalue weighted by molar-refractivity contribution is -0.277. The van der Waals surface area contributed by atoms with Crippen LogP contribution >= 0.6 is 0 Å². The number of likely N-dealkylation sites (tertiary alicyclic amines) is 1. The Morgan fingerprint density at radius 3 is 2.42 bits per heavy atom. The van der Waals surface area contributed by atoms with Crippen molar-refractivity contribution in [2.24, 2.45) is 40.4 Å². The van der Waals surface area contributed by atoms with Crippen molar-refractivity contribution in [2.45, 2.75) is 55.0 Å². The molecule has 6 aliphatic rings. The van der Waals surface area contributed by atoms with Crippen LogP contribution in [0.5, 0.6) is 0 Å². The molecule has 1 aliphatic heterocycles. The quantitative estimate of drug-likeness (QED) is 0.464. The van der Waals surface area contributed by atoms with Crippen molar-refractivity contribution in [3.05, 3.63) is 0 Å². The number of hydrogen-bond acceptors (Lipinski definition) is 9. The molecule has 1 unspecified atom stereocenters. The third-order valence-electron chi connectivity index (χ3n) is 11.0. The molecule has 1 heterocycles. The molecule has 0 aromatic heterocycles. The van der Waals surface area contributed by atoms with E-state index in [1.54, 1.807) is 21.3 Å². The monoisotopic (exact) mass is 467 g/mol. The fourth-order valence-electron chi connectivity index (χ4n) is 10.7. The Morgan fingerprint density at radius 2 is 1.82 bits per heavy atom. The molecular formula is C24H37NO8. The molecule has 5 saturated carbocycles. The van der Waals surface area contributed by atoms with Gasteiger partial charge in [-0.25, -0.2) is 0 Å². The summed E-state index contributed by atoms with van der Waals surface area (Å²) in [5.74, 6) is -1.51. The molecule has 3 N–H and O–H groups in total. The number of carbonyl (C=O) groups is 1. The highest BCUT2D eigenvalue weighted by molar-refractivity contribution is 5.90. The maximum absolute atomic E-state index is 13.9. The van der Waals surface area contributed by atoms with Gasteiger partial charge in [-0.15, -0.1) is 0 Å². The molecule has 9 nitrogen and oxygen atoms in total. The predicted molar refractivity (Wildman–Crippen MR) is 114 cm³/mol. The first kappa shape index (κ1) is 22.8. The zero-order valence-electron chi connectivity index (χ0n) is 20.0. The summed E-state index contributed by atoms with van der Waals surface area (Å²) in [5, 5.41) is 34.7. The van der Waals surface area contributed by atoms with Crippen molar-refractivity contribution in [1.82, 2.24) is 4.90 Å². The first-order valence-electron chi connectivity index (χ1n) is 12.1. The summed E-state index contributed by atoms with van der Waals surface area (Å²) in [7, 11) is 8.52. The third-order valence-corrected chi connectivity index (χ3v) is 11.0.